The molecule has 0 aliphatic rings. The van der Waals surface area contributed by atoms with Gasteiger partial charge in [0.05, 0.1) is 5.56 Å². The van der Waals surface area contributed by atoms with Gasteiger partial charge in [-0.25, -0.2) is 0 Å². The molecule has 0 unspecified atom stereocenters. The van der Waals surface area contributed by atoms with Gasteiger partial charge in [-0.3, -0.25) is 9.59 Å². The second kappa shape index (κ2) is 5.50. The molecule has 0 saturated heterocycles. The highest BCUT2D eigenvalue weighted by Gasteiger charge is 2.19. The van der Waals surface area contributed by atoms with Crippen LogP contribution < -0.4 is 11.3 Å². The molecule has 90 valence electrons. The van der Waals surface area contributed by atoms with E-state index in [-0.39, 0.29) is 12.0 Å². The van der Waals surface area contributed by atoms with Crippen LogP contribution >= 0.6 is 0 Å². The van der Waals surface area contributed by atoms with Crippen molar-refractivity contribution in [3.8, 4) is 0 Å². The van der Waals surface area contributed by atoms with Crippen LogP contribution in [0.4, 0.5) is 0 Å². The lowest BCUT2D eigenvalue weighted by atomic mass is 10.1. The van der Waals surface area contributed by atoms with Crippen molar-refractivity contribution in [1.29, 1.82) is 0 Å². The highest BCUT2D eigenvalue weighted by molar-refractivity contribution is 5.73. The smallest absolute Gasteiger partial charge is 0.320 e. The Morgan fingerprint density at radius 2 is 2.31 bits per heavy atom. The molecule has 6 heteroatoms. The number of nitrogens with two attached hydrogens (primary N) is 1. The lowest BCUT2D eigenvalue weighted by Gasteiger charge is -2.04. The first kappa shape index (κ1) is 12.5. The second-order valence-electron chi connectivity index (χ2n) is 3.69. The van der Waals surface area contributed by atoms with Crippen LogP contribution in [0.25, 0.3) is 0 Å². The van der Waals surface area contributed by atoms with E-state index < -0.39 is 12.0 Å². The van der Waals surface area contributed by atoms with Crippen LogP contribution in [0, 0.1) is 0 Å². The van der Waals surface area contributed by atoms with Crippen LogP contribution in [-0.4, -0.2) is 22.3 Å². The maximum absolute atomic E-state index is 11.4. The zero-order valence-electron chi connectivity index (χ0n) is 9.16. The van der Waals surface area contributed by atoms with Crippen molar-refractivity contribution in [2.75, 3.05) is 0 Å². The van der Waals surface area contributed by atoms with Crippen molar-refractivity contribution in [1.82, 2.24) is 5.16 Å². The number of H-pyrrole nitrogens is 1. The summed E-state index contributed by atoms with van der Waals surface area (Å²) >= 11 is 0. The van der Waals surface area contributed by atoms with Crippen molar-refractivity contribution in [2.24, 2.45) is 5.73 Å². The Morgan fingerprint density at radius 1 is 1.62 bits per heavy atom. The highest BCUT2D eigenvalue weighted by atomic mass is 16.5. The molecule has 16 heavy (non-hydrogen) atoms. The molecule has 1 rings (SSSR count). The van der Waals surface area contributed by atoms with E-state index in [4.69, 9.17) is 15.4 Å². The number of nitrogens with one attached hydrogen (secondary N) is 1. The van der Waals surface area contributed by atoms with Crippen molar-refractivity contribution in [3.63, 3.8) is 0 Å². The third kappa shape index (κ3) is 2.96. The van der Waals surface area contributed by atoms with Crippen molar-refractivity contribution in [3.05, 3.63) is 21.7 Å². The van der Waals surface area contributed by atoms with Gasteiger partial charge in [-0.1, -0.05) is 13.3 Å². The summed E-state index contributed by atoms with van der Waals surface area (Å²) in [5.74, 6) is -0.751. The van der Waals surface area contributed by atoms with Gasteiger partial charge in [-0.15, -0.1) is 0 Å². The number of hydrogen-bond donors (Lipinski definition) is 3. The van der Waals surface area contributed by atoms with Crippen molar-refractivity contribution in [2.45, 2.75) is 38.6 Å². The number of carboxylic acids is 1. The number of carbonyl (C=O) groups is 1. The number of aromatic amines is 1. The van der Waals surface area contributed by atoms with Gasteiger partial charge >= 0.3 is 5.97 Å². The Kier molecular flexibility index (Phi) is 4.30. The minimum Gasteiger partial charge on any atom is -0.480 e. The highest BCUT2D eigenvalue weighted by Crippen LogP contribution is 2.09. The number of unbranched alkanes of at least 4 members (excludes halogenated alkanes) is 1. The molecule has 0 aliphatic carbocycles. The van der Waals surface area contributed by atoms with Crippen LogP contribution in [0.5, 0.6) is 0 Å². The first-order chi connectivity index (χ1) is 7.56. The molecule has 4 N–H and O–H groups in total. The zero-order chi connectivity index (χ0) is 12.1. The molecule has 0 spiro atoms. The van der Waals surface area contributed by atoms with Gasteiger partial charge in [-0.2, -0.15) is 5.16 Å². The molecule has 0 bridgehead atoms. The standard InChI is InChI=1S/C10H16N2O4/c1-2-3-4-6-8(16-12-9(6)13)5-7(11)10(14)15/h7H,2-5,11H2,1H3,(H,12,13)(H,14,15)/t7-/m1/s1. The Labute approximate surface area is 92.4 Å². The zero-order valence-corrected chi connectivity index (χ0v) is 9.16. The van der Waals surface area contributed by atoms with Gasteiger partial charge in [0.25, 0.3) is 5.56 Å². The Morgan fingerprint density at radius 3 is 2.88 bits per heavy atom. The van der Waals surface area contributed by atoms with E-state index in [1.165, 1.54) is 0 Å². The summed E-state index contributed by atoms with van der Waals surface area (Å²) in [5, 5.41) is 10.9. The average molecular weight is 228 g/mol. The normalized spacial score (nSPS) is 12.6. The minimum absolute atomic E-state index is 0.0348. The molecule has 0 radical (unpaired) electrons. The predicted molar refractivity (Wildman–Crippen MR) is 57.3 cm³/mol. The third-order valence-electron chi connectivity index (χ3n) is 2.38. The molecule has 0 amide bonds. The van der Waals surface area contributed by atoms with Gasteiger partial charge in [-0.05, 0) is 12.8 Å². The number of rotatable bonds is 6. The van der Waals surface area contributed by atoms with Crippen LogP contribution in [0.1, 0.15) is 31.1 Å². The van der Waals surface area contributed by atoms with Crippen LogP contribution in [0.2, 0.25) is 0 Å². The molecule has 0 aromatic carbocycles. The molecule has 0 fully saturated rings. The van der Waals surface area contributed by atoms with Gasteiger partial charge in [0.15, 0.2) is 0 Å². The van der Waals surface area contributed by atoms with Crippen LogP contribution in [-0.2, 0) is 17.6 Å². The Bertz CT molecular complexity index is 407. The summed E-state index contributed by atoms with van der Waals surface area (Å²) in [6, 6.07) is -1.04. The van der Waals surface area contributed by atoms with Crippen molar-refractivity contribution >= 4 is 5.97 Å². The van der Waals surface area contributed by atoms with E-state index in [1.807, 2.05) is 6.92 Å². The molecule has 1 aromatic heterocycles. The summed E-state index contributed by atoms with van der Waals surface area (Å²) in [7, 11) is 0. The monoisotopic (exact) mass is 228 g/mol. The lowest BCUT2D eigenvalue weighted by molar-refractivity contribution is -0.138. The number of aliphatic carboxylic acids is 1. The molecule has 1 aromatic rings. The molecule has 6 nitrogen and oxygen atoms in total. The second-order valence-corrected chi connectivity index (χ2v) is 3.69. The quantitative estimate of drug-likeness (QED) is 0.647. The van der Waals surface area contributed by atoms with Gasteiger partial charge in [0.2, 0.25) is 0 Å². The molecular formula is C10H16N2O4. The Hall–Kier alpha value is -1.56. The fourth-order valence-electron chi connectivity index (χ4n) is 1.42. The van der Waals surface area contributed by atoms with Crippen molar-refractivity contribution < 1.29 is 14.4 Å². The van der Waals surface area contributed by atoms with E-state index >= 15 is 0 Å². The number of hydrogen-bond acceptors (Lipinski definition) is 4. The molecule has 1 heterocycles. The average Bonchev–Trinajstić information content (AvgIpc) is 2.57. The third-order valence-corrected chi connectivity index (χ3v) is 2.38. The molecule has 1 atom stereocenters. The Balaban J connectivity index is 2.79. The van der Waals surface area contributed by atoms with E-state index in [9.17, 15) is 9.59 Å². The fraction of sp³-hybridized carbons (Fsp3) is 0.600. The van der Waals surface area contributed by atoms with Crippen LogP contribution in [0.3, 0.4) is 0 Å². The largest absolute Gasteiger partial charge is 0.480 e. The van der Waals surface area contributed by atoms with Crippen LogP contribution in [0.15, 0.2) is 9.32 Å². The molecular weight excluding hydrogens is 212 g/mol. The summed E-state index contributed by atoms with van der Waals surface area (Å²) in [6.07, 6.45) is 2.43. The summed E-state index contributed by atoms with van der Waals surface area (Å²) in [6.45, 7) is 2.01. The lowest BCUT2D eigenvalue weighted by Crippen LogP contribution is -2.32. The van der Waals surface area contributed by atoms with E-state index in [0.29, 0.717) is 17.7 Å². The minimum atomic E-state index is -1.11. The number of carboxylic acid groups (broad SMARTS) is 1. The first-order valence-electron chi connectivity index (χ1n) is 5.23. The van der Waals surface area contributed by atoms with E-state index in [1.54, 1.807) is 0 Å². The first-order valence-corrected chi connectivity index (χ1v) is 5.23. The summed E-state index contributed by atoms with van der Waals surface area (Å²) < 4.78 is 4.93. The topological polar surface area (TPSA) is 109 Å². The maximum atomic E-state index is 11.4. The predicted octanol–water partition coefficient (Wildman–Crippen LogP) is 0.265. The summed E-state index contributed by atoms with van der Waals surface area (Å²) in [5.41, 5.74) is 5.60. The molecule has 0 saturated carbocycles. The number of aromatic nitrogens is 1. The van der Waals surface area contributed by atoms with Gasteiger partial charge in [0, 0.05) is 6.42 Å². The van der Waals surface area contributed by atoms with E-state index in [0.717, 1.165) is 12.8 Å². The van der Waals surface area contributed by atoms with Gasteiger partial charge in [0.1, 0.15) is 11.8 Å². The SMILES string of the molecule is CCCCc1c(C[C@@H](N)C(=O)O)o[nH]c1=O. The fourth-order valence-corrected chi connectivity index (χ4v) is 1.42. The van der Waals surface area contributed by atoms with E-state index in [2.05, 4.69) is 5.16 Å². The maximum Gasteiger partial charge on any atom is 0.320 e. The van der Waals surface area contributed by atoms with Gasteiger partial charge < -0.3 is 15.4 Å². The molecule has 0 aliphatic heterocycles. The summed E-state index contributed by atoms with van der Waals surface area (Å²) in [4.78, 5) is 21.9.